The van der Waals surface area contributed by atoms with Crippen molar-refractivity contribution in [1.29, 1.82) is 5.26 Å². The largest absolute Gasteiger partial charge is 0.334 e. The van der Waals surface area contributed by atoms with Gasteiger partial charge in [-0.2, -0.15) is 5.26 Å². The maximum absolute atomic E-state index is 11.9. The Morgan fingerprint density at radius 3 is 2.78 bits per heavy atom. The van der Waals surface area contributed by atoms with Crippen LogP contribution in [-0.2, 0) is 9.78 Å². The number of hydrogen-bond donors (Lipinski definition) is 1. The lowest BCUT2D eigenvalue weighted by Crippen LogP contribution is -2.37. The van der Waals surface area contributed by atoms with Gasteiger partial charge in [-0.15, -0.1) is 0 Å². The van der Waals surface area contributed by atoms with Gasteiger partial charge in [0.05, 0.1) is 12.7 Å². The number of carbonyl (C=O) groups is 1. The van der Waals surface area contributed by atoms with Crippen molar-refractivity contribution in [2.75, 3.05) is 13.2 Å². The summed E-state index contributed by atoms with van der Waals surface area (Å²) < 4.78 is 0. The van der Waals surface area contributed by atoms with Gasteiger partial charge in [0.2, 0.25) is 0 Å². The van der Waals surface area contributed by atoms with Crippen LogP contribution in [0.25, 0.3) is 0 Å². The van der Waals surface area contributed by atoms with Gasteiger partial charge in [-0.1, -0.05) is 18.2 Å². The van der Waals surface area contributed by atoms with Crippen LogP contribution in [0.15, 0.2) is 24.3 Å². The first-order valence-corrected chi connectivity index (χ1v) is 5.69. The fourth-order valence-corrected chi connectivity index (χ4v) is 1.37. The Kier molecular flexibility index (Phi) is 5.85. The monoisotopic (exact) mass is 248 g/mol. The van der Waals surface area contributed by atoms with E-state index >= 15 is 0 Å². The number of nitrogens with zero attached hydrogens (tertiary/aromatic N) is 1. The normalized spacial score (nSPS) is 11.6. The zero-order valence-corrected chi connectivity index (χ0v) is 10.5. The van der Waals surface area contributed by atoms with Gasteiger partial charge >= 0.3 is 0 Å². The molecule has 0 saturated heterocycles. The fourth-order valence-electron chi connectivity index (χ4n) is 1.37. The van der Waals surface area contributed by atoms with E-state index in [0.717, 1.165) is 5.56 Å². The highest BCUT2D eigenvalue weighted by molar-refractivity contribution is 5.95. The van der Waals surface area contributed by atoms with Gasteiger partial charge in [-0.3, -0.25) is 4.79 Å². The summed E-state index contributed by atoms with van der Waals surface area (Å²) in [6, 6.07) is 8.39. The summed E-state index contributed by atoms with van der Waals surface area (Å²) >= 11 is 0. The molecule has 1 aromatic carbocycles. The summed E-state index contributed by atoms with van der Waals surface area (Å²) in [5.41, 5.74) is 1.41. The molecule has 0 aliphatic carbocycles. The Morgan fingerprint density at radius 2 is 2.17 bits per heavy atom. The van der Waals surface area contributed by atoms with Gasteiger partial charge < -0.3 is 5.32 Å². The number of amides is 1. The molecule has 0 bridgehead atoms. The van der Waals surface area contributed by atoms with Gasteiger partial charge in [0.25, 0.3) is 5.91 Å². The van der Waals surface area contributed by atoms with Gasteiger partial charge in [-0.25, -0.2) is 9.78 Å². The first-order chi connectivity index (χ1) is 8.69. The average molecular weight is 248 g/mol. The predicted molar refractivity (Wildman–Crippen MR) is 65.6 cm³/mol. The first kappa shape index (κ1) is 14.2. The molecule has 0 spiro atoms. The molecule has 0 saturated carbocycles. The highest BCUT2D eigenvalue weighted by atomic mass is 17.2. The van der Waals surface area contributed by atoms with Crippen LogP contribution in [0, 0.1) is 18.3 Å². The number of carbonyl (C=O) groups excluding carboxylic acids is 1. The van der Waals surface area contributed by atoms with E-state index in [4.69, 9.17) is 10.1 Å². The van der Waals surface area contributed by atoms with Crippen LogP contribution >= 0.6 is 0 Å². The third kappa shape index (κ3) is 4.17. The van der Waals surface area contributed by atoms with E-state index in [-0.39, 0.29) is 12.5 Å². The maximum atomic E-state index is 11.9. The van der Waals surface area contributed by atoms with Crippen molar-refractivity contribution in [2.45, 2.75) is 19.9 Å². The summed E-state index contributed by atoms with van der Waals surface area (Å²) in [6.07, 6.45) is 0. The summed E-state index contributed by atoms with van der Waals surface area (Å²) in [5, 5.41) is 11.5. The molecule has 0 aliphatic heterocycles. The van der Waals surface area contributed by atoms with Crippen LogP contribution in [0.2, 0.25) is 0 Å². The number of rotatable bonds is 6. The lowest BCUT2D eigenvalue weighted by molar-refractivity contribution is -0.292. The van der Waals surface area contributed by atoms with Crippen molar-refractivity contribution >= 4 is 5.91 Å². The molecule has 96 valence electrons. The number of benzene rings is 1. The Labute approximate surface area is 106 Å². The third-order valence-corrected chi connectivity index (χ3v) is 2.29. The van der Waals surface area contributed by atoms with E-state index in [0.29, 0.717) is 12.2 Å². The summed E-state index contributed by atoms with van der Waals surface area (Å²) in [4.78, 5) is 21.3. The quantitative estimate of drug-likeness (QED) is 0.471. The lowest BCUT2D eigenvalue weighted by atomic mass is 10.1. The van der Waals surface area contributed by atoms with Crippen molar-refractivity contribution in [3.63, 3.8) is 0 Å². The van der Waals surface area contributed by atoms with Gasteiger partial charge in [-0.05, 0) is 25.5 Å². The second kappa shape index (κ2) is 7.43. The SMILES string of the molecule is CCOOCC(C#N)NC(=O)c1ccccc1C. The minimum atomic E-state index is -0.733. The summed E-state index contributed by atoms with van der Waals surface area (Å²) in [5.74, 6) is -0.292. The van der Waals surface area contributed by atoms with E-state index in [2.05, 4.69) is 10.2 Å². The molecule has 0 heterocycles. The summed E-state index contributed by atoms with van der Waals surface area (Å²) in [6.45, 7) is 4.01. The fraction of sp³-hybridized carbons (Fsp3) is 0.385. The van der Waals surface area contributed by atoms with Gasteiger partial charge in [0.1, 0.15) is 12.6 Å². The molecular formula is C13H16N2O3. The van der Waals surface area contributed by atoms with Crippen LogP contribution in [0.5, 0.6) is 0 Å². The zero-order valence-electron chi connectivity index (χ0n) is 10.5. The second-order valence-electron chi connectivity index (χ2n) is 3.66. The maximum Gasteiger partial charge on any atom is 0.252 e. The van der Waals surface area contributed by atoms with Crippen molar-refractivity contribution in [1.82, 2.24) is 5.32 Å². The topological polar surface area (TPSA) is 71.3 Å². The van der Waals surface area contributed by atoms with Crippen LogP contribution in [0.1, 0.15) is 22.8 Å². The second-order valence-corrected chi connectivity index (χ2v) is 3.66. The Bertz CT molecular complexity index is 440. The van der Waals surface area contributed by atoms with Crippen molar-refractivity contribution in [2.24, 2.45) is 0 Å². The van der Waals surface area contributed by atoms with Crippen LogP contribution in [0.3, 0.4) is 0 Å². The van der Waals surface area contributed by atoms with E-state index < -0.39 is 6.04 Å². The molecule has 0 radical (unpaired) electrons. The average Bonchev–Trinajstić information content (AvgIpc) is 2.38. The molecule has 0 aromatic heterocycles. The highest BCUT2D eigenvalue weighted by Gasteiger charge is 2.14. The number of nitriles is 1. The van der Waals surface area contributed by atoms with Crippen molar-refractivity contribution in [3.8, 4) is 6.07 Å². The number of nitrogens with one attached hydrogen (secondary N) is 1. The van der Waals surface area contributed by atoms with E-state index in [1.165, 1.54) is 0 Å². The number of aryl methyl sites for hydroxylation is 1. The van der Waals surface area contributed by atoms with E-state index in [1.54, 1.807) is 19.1 Å². The molecule has 1 atom stereocenters. The molecular weight excluding hydrogens is 232 g/mol. The van der Waals surface area contributed by atoms with Gasteiger partial charge in [0.15, 0.2) is 0 Å². The predicted octanol–water partition coefficient (Wildman–Crippen LogP) is 1.59. The molecule has 18 heavy (non-hydrogen) atoms. The van der Waals surface area contributed by atoms with Gasteiger partial charge in [0, 0.05) is 5.56 Å². The molecule has 0 fully saturated rings. The third-order valence-electron chi connectivity index (χ3n) is 2.29. The molecule has 1 aromatic rings. The van der Waals surface area contributed by atoms with Crippen LogP contribution in [0.4, 0.5) is 0 Å². The van der Waals surface area contributed by atoms with E-state index in [1.807, 2.05) is 25.1 Å². The van der Waals surface area contributed by atoms with Crippen molar-refractivity contribution < 1.29 is 14.6 Å². The molecule has 5 nitrogen and oxygen atoms in total. The Balaban J connectivity index is 2.58. The zero-order chi connectivity index (χ0) is 13.4. The first-order valence-electron chi connectivity index (χ1n) is 5.69. The molecule has 1 unspecified atom stereocenters. The molecule has 1 rings (SSSR count). The molecule has 5 heteroatoms. The Morgan fingerprint density at radius 1 is 1.44 bits per heavy atom. The lowest BCUT2D eigenvalue weighted by Gasteiger charge is -2.12. The van der Waals surface area contributed by atoms with Crippen molar-refractivity contribution in [3.05, 3.63) is 35.4 Å². The molecule has 1 amide bonds. The smallest absolute Gasteiger partial charge is 0.252 e. The summed E-state index contributed by atoms with van der Waals surface area (Å²) in [7, 11) is 0. The minimum Gasteiger partial charge on any atom is -0.334 e. The standard InChI is InChI=1S/C13H16N2O3/c1-3-17-18-9-11(8-14)15-13(16)12-7-5-4-6-10(12)2/h4-7,11H,3,9H2,1-2H3,(H,15,16). The molecule has 1 N–H and O–H groups in total. The highest BCUT2D eigenvalue weighted by Crippen LogP contribution is 2.06. The molecule has 0 aliphatic rings. The van der Waals surface area contributed by atoms with E-state index in [9.17, 15) is 4.79 Å². The number of hydrogen-bond acceptors (Lipinski definition) is 4. The minimum absolute atomic E-state index is 0.00195. The Hall–Kier alpha value is -1.90. The van der Waals surface area contributed by atoms with Crippen LogP contribution in [-0.4, -0.2) is 25.2 Å². The van der Waals surface area contributed by atoms with Crippen LogP contribution < -0.4 is 5.32 Å².